The van der Waals surface area contributed by atoms with Crippen LogP contribution in [0.15, 0.2) is 0 Å². The molecule has 4 heteroatoms. The summed E-state index contributed by atoms with van der Waals surface area (Å²) in [5.74, 6) is 1.02. The lowest BCUT2D eigenvalue weighted by Gasteiger charge is -2.27. The van der Waals surface area contributed by atoms with E-state index in [1.807, 2.05) is 7.05 Å². The molecule has 1 amide bonds. The number of likely N-dealkylation sites (N-methyl/N-ethyl adjacent to an activating group) is 1. The van der Waals surface area contributed by atoms with Crippen molar-refractivity contribution < 1.29 is 9.53 Å². The largest absolute Gasteiger partial charge is 0.379 e. The smallest absolute Gasteiger partial charge is 0.239 e. The van der Waals surface area contributed by atoms with E-state index in [0.717, 1.165) is 31.9 Å². The summed E-state index contributed by atoms with van der Waals surface area (Å²) in [5, 5.41) is 3.29. The molecule has 1 heterocycles. The molecule has 0 aromatic heterocycles. The van der Waals surface area contributed by atoms with Crippen LogP contribution in [-0.4, -0.2) is 50.2 Å². The van der Waals surface area contributed by atoms with Gasteiger partial charge in [-0.25, -0.2) is 0 Å². The molecule has 0 unspecified atom stereocenters. The highest BCUT2D eigenvalue weighted by molar-refractivity contribution is 5.81. The normalized spacial score (nSPS) is 24.6. The van der Waals surface area contributed by atoms with Crippen LogP contribution in [0.2, 0.25) is 0 Å². The molecule has 1 saturated carbocycles. The van der Waals surface area contributed by atoms with Crippen molar-refractivity contribution >= 4 is 5.91 Å². The number of amides is 1. The van der Waals surface area contributed by atoms with E-state index in [-0.39, 0.29) is 11.9 Å². The van der Waals surface area contributed by atoms with Gasteiger partial charge in [-0.1, -0.05) is 6.42 Å². The number of carbonyl (C=O) groups is 1. The second-order valence-electron chi connectivity index (χ2n) is 5.28. The molecule has 4 nitrogen and oxygen atoms in total. The van der Waals surface area contributed by atoms with Crippen LogP contribution in [-0.2, 0) is 9.53 Å². The fourth-order valence-corrected chi connectivity index (χ4v) is 2.17. The number of piperidine rings is 1. The lowest BCUT2D eigenvalue weighted by Crippen LogP contribution is -2.48. The topological polar surface area (TPSA) is 41.6 Å². The van der Waals surface area contributed by atoms with Crippen LogP contribution < -0.4 is 5.32 Å². The Balaban J connectivity index is 1.59. The van der Waals surface area contributed by atoms with Crippen molar-refractivity contribution in [1.29, 1.82) is 0 Å². The molecule has 0 radical (unpaired) electrons. The first-order chi connectivity index (χ1) is 8.27. The van der Waals surface area contributed by atoms with Gasteiger partial charge in [-0.2, -0.15) is 0 Å². The number of nitrogens with zero attached hydrogens (tertiary/aromatic N) is 1. The van der Waals surface area contributed by atoms with Crippen LogP contribution in [0.3, 0.4) is 0 Å². The van der Waals surface area contributed by atoms with Crippen molar-refractivity contribution in [1.82, 2.24) is 10.2 Å². The Hall–Kier alpha value is -0.610. The number of hydrogen-bond acceptors (Lipinski definition) is 3. The highest BCUT2D eigenvalue weighted by atomic mass is 16.5. The Morgan fingerprint density at radius 2 is 2.18 bits per heavy atom. The zero-order valence-electron chi connectivity index (χ0n) is 10.8. The summed E-state index contributed by atoms with van der Waals surface area (Å²) in [6, 6.07) is 0.0391. The van der Waals surface area contributed by atoms with Gasteiger partial charge in [-0.05, 0) is 38.1 Å². The first-order valence-electron chi connectivity index (χ1n) is 6.83. The number of ether oxygens (including phenoxy) is 1. The molecule has 0 aromatic carbocycles. The molecular formula is C13H24N2O2. The predicted octanol–water partition coefficient (Wildman–Crippen LogP) is 1.01. The van der Waals surface area contributed by atoms with Gasteiger partial charge in [0.15, 0.2) is 0 Å². The van der Waals surface area contributed by atoms with Crippen molar-refractivity contribution in [2.24, 2.45) is 5.92 Å². The van der Waals surface area contributed by atoms with E-state index in [1.54, 1.807) is 4.90 Å². The Kier molecular flexibility index (Phi) is 4.80. The molecule has 2 fully saturated rings. The first kappa shape index (κ1) is 12.8. The van der Waals surface area contributed by atoms with Gasteiger partial charge in [0, 0.05) is 20.2 Å². The molecule has 0 bridgehead atoms. The fourth-order valence-electron chi connectivity index (χ4n) is 2.17. The van der Waals surface area contributed by atoms with E-state index in [0.29, 0.717) is 13.2 Å². The second-order valence-corrected chi connectivity index (χ2v) is 5.28. The Morgan fingerprint density at radius 1 is 1.35 bits per heavy atom. The van der Waals surface area contributed by atoms with E-state index in [2.05, 4.69) is 5.32 Å². The van der Waals surface area contributed by atoms with Crippen LogP contribution >= 0.6 is 0 Å². The van der Waals surface area contributed by atoms with Crippen molar-refractivity contribution in [3.63, 3.8) is 0 Å². The SMILES string of the molecule is CN(CCOCC1CC1)C(=O)[C@@H]1CCCCN1. The second kappa shape index (κ2) is 6.36. The Bertz CT molecular complexity index is 248. The van der Waals surface area contributed by atoms with Crippen molar-refractivity contribution in [3.05, 3.63) is 0 Å². The third-order valence-corrected chi connectivity index (χ3v) is 3.61. The fraction of sp³-hybridized carbons (Fsp3) is 0.923. The Labute approximate surface area is 104 Å². The van der Waals surface area contributed by atoms with Gasteiger partial charge in [-0.15, -0.1) is 0 Å². The molecule has 1 aliphatic heterocycles. The third-order valence-electron chi connectivity index (χ3n) is 3.61. The molecule has 1 aliphatic carbocycles. The molecule has 1 atom stereocenters. The van der Waals surface area contributed by atoms with Crippen LogP contribution in [0.4, 0.5) is 0 Å². The van der Waals surface area contributed by atoms with Gasteiger partial charge in [0.2, 0.25) is 5.91 Å². The van der Waals surface area contributed by atoms with E-state index in [1.165, 1.54) is 19.3 Å². The quantitative estimate of drug-likeness (QED) is 0.705. The van der Waals surface area contributed by atoms with Crippen molar-refractivity contribution in [2.75, 3.05) is 33.4 Å². The molecule has 2 rings (SSSR count). The monoisotopic (exact) mass is 240 g/mol. The summed E-state index contributed by atoms with van der Waals surface area (Å²) in [5.41, 5.74) is 0. The zero-order valence-corrected chi connectivity index (χ0v) is 10.8. The van der Waals surface area contributed by atoms with Gasteiger partial charge in [0.25, 0.3) is 0 Å². The van der Waals surface area contributed by atoms with Crippen molar-refractivity contribution in [2.45, 2.75) is 38.1 Å². The molecule has 1 N–H and O–H groups in total. The van der Waals surface area contributed by atoms with Gasteiger partial charge >= 0.3 is 0 Å². The van der Waals surface area contributed by atoms with Crippen LogP contribution in [0.25, 0.3) is 0 Å². The highest BCUT2D eigenvalue weighted by Crippen LogP contribution is 2.28. The maximum Gasteiger partial charge on any atom is 0.239 e. The predicted molar refractivity (Wildman–Crippen MR) is 66.8 cm³/mol. The van der Waals surface area contributed by atoms with E-state index < -0.39 is 0 Å². The van der Waals surface area contributed by atoms with Gasteiger partial charge in [0.1, 0.15) is 0 Å². The van der Waals surface area contributed by atoms with Gasteiger partial charge < -0.3 is 15.0 Å². The van der Waals surface area contributed by atoms with Gasteiger partial charge in [-0.3, -0.25) is 4.79 Å². The van der Waals surface area contributed by atoms with Crippen LogP contribution in [0.5, 0.6) is 0 Å². The summed E-state index contributed by atoms with van der Waals surface area (Å²) in [4.78, 5) is 13.8. The molecule has 0 spiro atoms. The average molecular weight is 240 g/mol. The van der Waals surface area contributed by atoms with Crippen LogP contribution in [0.1, 0.15) is 32.1 Å². The van der Waals surface area contributed by atoms with Crippen molar-refractivity contribution in [3.8, 4) is 0 Å². The summed E-state index contributed by atoms with van der Waals surface area (Å²) in [7, 11) is 1.87. The maximum absolute atomic E-state index is 12.0. The molecule has 98 valence electrons. The van der Waals surface area contributed by atoms with Gasteiger partial charge in [0.05, 0.1) is 12.6 Å². The molecule has 0 aromatic rings. The van der Waals surface area contributed by atoms with E-state index in [9.17, 15) is 4.79 Å². The highest BCUT2D eigenvalue weighted by Gasteiger charge is 2.24. The van der Waals surface area contributed by atoms with E-state index >= 15 is 0 Å². The number of rotatable bonds is 6. The summed E-state index contributed by atoms with van der Waals surface area (Å²) < 4.78 is 5.55. The standard InChI is InChI=1S/C13H24N2O2/c1-15(8-9-17-10-11-5-6-11)13(16)12-4-2-3-7-14-12/h11-12,14H,2-10H2,1H3/t12-/m0/s1. The minimum Gasteiger partial charge on any atom is -0.379 e. The molecule has 17 heavy (non-hydrogen) atoms. The van der Waals surface area contributed by atoms with E-state index in [4.69, 9.17) is 4.74 Å². The molecule has 1 saturated heterocycles. The summed E-state index contributed by atoms with van der Waals surface area (Å²) >= 11 is 0. The molecular weight excluding hydrogens is 216 g/mol. The average Bonchev–Trinajstić information content (AvgIpc) is 3.18. The number of hydrogen-bond donors (Lipinski definition) is 1. The third kappa shape index (κ3) is 4.28. The summed E-state index contributed by atoms with van der Waals surface area (Å²) in [6.45, 7) is 3.24. The maximum atomic E-state index is 12.0. The minimum atomic E-state index is 0.0391. The Morgan fingerprint density at radius 3 is 2.82 bits per heavy atom. The lowest BCUT2D eigenvalue weighted by molar-refractivity contribution is -0.133. The molecule has 2 aliphatic rings. The minimum absolute atomic E-state index is 0.0391. The lowest BCUT2D eigenvalue weighted by atomic mass is 10.0. The zero-order chi connectivity index (χ0) is 12.1. The van der Waals surface area contributed by atoms with Crippen LogP contribution in [0, 0.1) is 5.92 Å². The number of nitrogens with one attached hydrogen (secondary N) is 1. The number of carbonyl (C=O) groups excluding carboxylic acids is 1. The summed E-state index contributed by atoms with van der Waals surface area (Å²) in [6.07, 6.45) is 5.97. The first-order valence-corrected chi connectivity index (χ1v) is 6.83.